The van der Waals surface area contributed by atoms with Gasteiger partial charge in [-0.25, -0.2) is 4.79 Å². The number of ether oxygens (including phenoxy) is 1. The lowest BCUT2D eigenvalue weighted by molar-refractivity contribution is 0.0599. The minimum absolute atomic E-state index is 0.281. The summed E-state index contributed by atoms with van der Waals surface area (Å²) in [5, 5.41) is 0. The fraction of sp³-hybridized carbons (Fsp3) is 0.333. The molecular formula is C27H28N2O2. The number of hydrogen-bond donors (Lipinski definition) is 0. The molecule has 1 aromatic heterocycles. The standard InChI is InChI=1S/C27H28N2O2/c1-31-27(30)25-13-15-28-18-22(25)10-9-19-6-4-7-21-17-23(11-12-24(19)21)29-16-14-20-5-2-3-8-26(20)29/h2-3,5,8,11-13,15,17-19H,4,6-7,9-10,14,16H2,1H3. The minimum Gasteiger partial charge on any atom is -0.465 e. The van der Waals surface area contributed by atoms with Gasteiger partial charge < -0.3 is 9.64 Å². The third kappa shape index (κ3) is 3.83. The lowest BCUT2D eigenvalue weighted by atomic mass is 9.79. The molecule has 1 atom stereocenters. The monoisotopic (exact) mass is 412 g/mol. The van der Waals surface area contributed by atoms with Crippen LogP contribution in [0.15, 0.2) is 60.9 Å². The lowest BCUT2D eigenvalue weighted by Crippen LogP contribution is -2.16. The van der Waals surface area contributed by atoms with Gasteiger partial charge >= 0.3 is 5.97 Å². The Bertz CT molecular complexity index is 1110. The predicted molar refractivity (Wildman–Crippen MR) is 123 cm³/mol. The van der Waals surface area contributed by atoms with Crippen molar-refractivity contribution in [1.29, 1.82) is 0 Å². The third-order valence-electron chi connectivity index (χ3n) is 6.83. The summed E-state index contributed by atoms with van der Waals surface area (Å²) in [6.45, 7) is 1.05. The van der Waals surface area contributed by atoms with Crippen molar-refractivity contribution in [2.45, 2.75) is 44.4 Å². The Labute approximate surface area is 183 Å². The molecule has 31 heavy (non-hydrogen) atoms. The number of aromatic nitrogens is 1. The van der Waals surface area contributed by atoms with E-state index in [0.29, 0.717) is 11.5 Å². The van der Waals surface area contributed by atoms with Crippen molar-refractivity contribution in [3.63, 3.8) is 0 Å². The van der Waals surface area contributed by atoms with E-state index in [4.69, 9.17) is 4.74 Å². The van der Waals surface area contributed by atoms with E-state index < -0.39 is 0 Å². The van der Waals surface area contributed by atoms with E-state index in [1.54, 1.807) is 12.3 Å². The van der Waals surface area contributed by atoms with Gasteiger partial charge in [-0.15, -0.1) is 0 Å². The van der Waals surface area contributed by atoms with Gasteiger partial charge in [-0.05, 0) is 91.0 Å². The number of methoxy groups -OCH3 is 1. The molecule has 1 unspecified atom stereocenters. The molecule has 4 nitrogen and oxygen atoms in total. The van der Waals surface area contributed by atoms with E-state index in [1.165, 1.54) is 48.0 Å². The Morgan fingerprint density at radius 1 is 1.13 bits per heavy atom. The Hall–Kier alpha value is -3.14. The Morgan fingerprint density at radius 2 is 2.03 bits per heavy atom. The summed E-state index contributed by atoms with van der Waals surface area (Å²) < 4.78 is 4.94. The van der Waals surface area contributed by atoms with Gasteiger partial charge in [0, 0.05) is 30.3 Å². The largest absolute Gasteiger partial charge is 0.465 e. The van der Waals surface area contributed by atoms with Crippen molar-refractivity contribution in [2.75, 3.05) is 18.6 Å². The van der Waals surface area contributed by atoms with E-state index in [-0.39, 0.29) is 5.97 Å². The second kappa shape index (κ2) is 8.54. The summed E-state index contributed by atoms with van der Waals surface area (Å²) >= 11 is 0. The predicted octanol–water partition coefficient (Wildman–Crippen LogP) is 5.62. The molecule has 1 aliphatic carbocycles. The van der Waals surface area contributed by atoms with Crippen molar-refractivity contribution in [2.24, 2.45) is 0 Å². The number of para-hydroxylation sites is 1. The van der Waals surface area contributed by atoms with Crippen molar-refractivity contribution < 1.29 is 9.53 Å². The zero-order chi connectivity index (χ0) is 21.2. The first-order chi connectivity index (χ1) is 15.2. The van der Waals surface area contributed by atoms with Crippen molar-refractivity contribution in [1.82, 2.24) is 4.98 Å². The summed E-state index contributed by atoms with van der Waals surface area (Å²) in [6.07, 6.45) is 10.0. The highest BCUT2D eigenvalue weighted by Gasteiger charge is 2.24. The quantitative estimate of drug-likeness (QED) is 0.511. The Kier molecular flexibility index (Phi) is 5.46. The highest BCUT2D eigenvalue weighted by molar-refractivity contribution is 5.90. The van der Waals surface area contributed by atoms with Crippen LogP contribution in [0, 0.1) is 0 Å². The van der Waals surface area contributed by atoms with Crippen LogP contribution in [-0.4, -0.2) is 24.6 Å². The molecular weight excluding hydrogens is 384 g/mol. The number of nitrogens with zero attached hydrogens (tertiary/aromatic N) is 2. The molecule has 0 fully saturated rings. The van der Waals surface area contributed by atoms with Crippen LogP contribution in [0.3, 0.4) is 0 Å². The topological polar surface area (TPSA) is 42.4 Å². The van der Waals surface area contributed by atoms with E-state index in [2.05, 4.69) is 52.3 Å². The zero-order valence-corrected chi connectivity index (χ0v) is 18.0. The molecule has 0 spiro atoms. The summed E-state index contributed by atoms with van der Waals surface area (Å²) in [7, 11) is 1.43. The molecule has 2 aliphatic rings. The fourth-order valence-electron chi connectivity index (χ4n) is 5.24. The minimum atomic E-state index is -0.281. The molecule has 4 heteroatoms. The van der Waals surface area contributed by atoms with E-state index in [0.717, 1.165) is 37.8 Å². The van der Waals surface area contributed by atoms with Gasteiger partial charge in [0.15, 0.2) is 0 Å². The number of carbonyl (C=O) groups is 1. The second-order valence-electron chi connectivity index (χ2n) is 8.57. The fourth-order valence-corrected chi connectivity index (χ4v) is 5.24. The number of carbonyl (C=O) groups excluding carboxylic acids is 1. The Morgan fingerprint density at radius 3 is 2.94 bits per heavy atom. The highest BCUT2D eigenvalue weighted by Crippen LogP contribution is 2.40. The molecule has 5 rings (SSSR count). The average molecular weight is 413 g/mol. The molecule has 0 saturated heterocycles. The van der Waals surface area contributed by atoms with Gasteiger partial charge in [0.1, 0.15) is 0 Å². The van der Waals surface area contributed by atoms with Gasteiger partial charge in [0.25, 0.3) is 0 Å². The van der Waals surface area contributed by atoms with Gasteiger partial charge in [0.05, 0.1) is 12.7 Å². The first-order valence-electron chi connectivity index (χ1n) is 11.2. The van der Waals surface area contributed by atoms with Gasteiger partial charge in [-0.2, -0.15) is 0 Å². The average Bonchev–Trinajstić information content (AvgIpc) is 3.26. The SMILES string of the molecule is COC(=O)c1ccncc1CCC1CCCc2cc(N3CCc4ccccc43)ccc21. The lowest BCUT2D eigenvalue weighted by Gasteiger charge is -2.28. The number of fused-ring (bicyclic) bond motifs is 2. The van der Waals surface area contributed by atoms with E-state index in [1.807, 2.05) is 6.20 Å². The maximum Gasteiger partial charge on any atom is 0.338 e. The summed E-state index contributed by atoms with van der Waals surface area (Å²) in [5.41, 5.74) is 8.68. The van der Waals surface area contributed by atoms with Crippen molar-refractivity contribution >= 4 is 17.3 Å². The van der Waals surface area contributed by atoms with Crippen LogP contribution >= 0.6 is 0 Å². The number of esters is 1. The number of pyridine rings is 1. The first-order valence-corrected chi connectivity index (χ1v) is 11.2. The van der Waals surface area contributed by atoms with Gasteiger partial charge in [-0.3, -0.25) is 4.98 Å². The smallest absolute Gasteiger partial charge is 0.338 e. The molecule has 0 saturated carbocycles. The Balaban J connectivity index is 1.35. The third-order valence-corrected chi connectivity index (χ3v) is 6.83. The summed E-state index contributed by atoms with van der Waals surface area (Å²) in [5.74, 6) is 0.242. The van der Waals surface area contributed by atoms with Crippen LogP contribution in [0.4, 0.5) is 11.4 Å². The van der Waals surface area contributed by atoms with Crippen LogP contribution in [0.5, 0.6) is 0 Å². The number of rotatable bonds is 5. The highest BCUT2D eigenvalue weighted by atomic mass is 16.5. The second-order valence-corrected chi connectivity index (χ2v) is 8.57. The zero-order valence-electron chi connectivity index (χ0n) is 18.0. The number of hydrogen-bond acceptors (Lipinski definition) is 4. The normalized spacial score (nSPS) is 17.2. The van der Waals surface area contributed by atoms with Crippen LogP contribution in [-0.2, 0) is 24.0 Å². The number of anilines is 2. The van der Waals surface area contributed by atoms with Gasteiger partial charge in [-0.1, -0.05) is 24.3 Å². The first kappa shape index (κ1) is 19.8. The van der Waals surface area contributed by atoms with Gasteiger partial charge in [0.2, 0.25) is 0 Å². The van der Waals surface area contributed by atoms with Crippen LogP contribution < -0.4 is 4.90 Å². The molecule has 0 amide bonds. The summed E-state index contributed by atoms with van der Waals surface area (Å²) in [4.78, 5) is 18.8. The van der Waals surface area contributed by atoms with E-state index in [9.17, 15) is 4.79 Å². The van der Waals surface area contributed by atoms with Crippen LogP contribution in [0.2, 0.25) is 0 Å². The number of benzene rings is 2. The molecule has 0 radical (unpaired) electrons. The number of aryl methyl sites for hydroxylation is 2. The van der Waals surface area contributed by atoms with Crippen molar-refractivity contribution in [3.8, 4) is 0 Å². The molecule has 158 valence electrons. The maximum absolute atomic E-state index is 12.1. The molecule has 2 aromatic carbocycles. The summed E-state index contributed by atoms with van der Waals surface area (Å²) in [6, 6.07) is 17.6. The molecule has 0 bridgehead atoms. The van der Waals surface area contributed by atoms with Crippen LogP contribution in [0.25, 0.3) is 0 Å². The van der Waals surface area contributed by atoms with Crippen LogP contribution in [0.1, 0.15) is 57.8 Å². The molecule has 1 aliphatic heterocycles. The van der Waals surface area contributed by atoms with Crippen molar-refractivity contribution in [3.05, 3.63) is 88.7 Å². The molecule has 3 aromatic rings. The van der Waals surface area contributed by atoms with E-state index >= 15 is 0 Å². The maximum atomic E-state index is 12.1. The molecule has 2 heterocycles. The molecule has 0 N–H and O–H groups in total.